The zero-order chi connectivity index (χ0) is 15.0. The van der Waals surface area contributed by atoms with Crippen molar-refractivity contribution in [3.05, 3.63) is 46.7 Å². The normalized spacial score (nSPS) is 13.5. The van der Waals surface area contributed by atoms with Crippen molar-refractivity contribution in [1.82, 2.24) is 0 Å². The topological polar surface area (TPSA) is 67.1 Å². The minimum Gasteiger partial charge on any atom is -0.397 e. The number of nitrogens with two attached hydrogens (primary N) is 1. The molecule has 0 bridgehead atoms. The van der Waals surface area contributed by atoms with E-state index in [0.717, 1.165) is 5.56 Å². The second kappa shape index (κ2) is 5.26. The Morgan fingerprint density at radius 2 is 2.00 bits per heavy atom. The average Bonchev–Trinajstić information content (AvgIpc) is 2.42. The maximum absolute atomic E-state index is 13.8. The molecule has 0 radical (unpaired) electrons. The highest BCUT2D eigenvalue weighted by Gasteiger charge is 2.17. The minimum atomic E-state index is -0.451. The zero-order valence-corrected chi connectivity index (χ0v) is 11.8. The third kappa shape index (κ3) is 2.78. The number of aryl methyl sites for hydroxylation is 1. The van der Waals surface area contributed by atoms with Gasteiger partial charge in [0.2, 0.25) is 5.91 Å². The van der Waals surface area contributed by atoms with Gasteiger partial charge < -0.3 is 16.4 Å². The first-order chi connectivity index (χ1) is 10.0. The molecule has 1 aliphatic heterocycles. The van der Waals surface area contributed by atoms with Gasteiger partial charge in [-0.25, -0.2) is 4.39 Å². The Labute approximate surface area is 126 Å². The molecule has 0 unspecified atom stereocenters. The van der Waals surface area contributed by atoms with Gasteiger partial charge in [-0.2, -0.15) is 0 Å². The second-order valence-electron chi connectivity index (χ2n) is 4.89. The Hall–Kier alpha value is -2.27. The lowest BCUT2D eigenvalue weighted by Crippen LogP contribution is -2.19. The highest BCUT2D eigenvalue weighted by Crippen LogP contribution is 2.33. The predicted octanol–water partition coefficient (Wildman–Crippen LogP) is 3.69. The fourth-order valence-electron chi connectivity index (χ4n) is 2.29. The first kappa shape index (κ1) is 13.7. The number of nitrogen functional groups attached to an aromatic ring is 1. The summed E-state index contributed by atoms with van der Waals surface area (Å²) in [5, 5.41) is 6.06. The summed E-state index contributed by atoms with van der Waals surface area (Å²) in [5.41, 5.74) is 8.98. The molecule has 0 aliphatic carbocycles. The summed E-state index contributed by atoms with van der Waals surface area (Å²) in [4.78, 5) is 11.4. The summed E-state index contributed by atoms with van der Waals surface area (Å²) < 4.78 is 13.8. The standard InChI is InChI=1S/C15H13ClFN3O/c16-9-2-3-12(10(17)6-9)19-14-5-8-1-4-15(21)20-13(8)7-11(14)18/h2-3,5-7,19H,1,4,18H2,(H,20,21). The van der Waals surface area contributed by atoms with Crippen molar-refractivity contribution in [2.75, 3.05) is 16.4 Å². The van der Waals surface area contributed by atoms with Crippen LogP contribution in [0.3, 0.4) is 0 Å². The lowest BCUT2D eigenvalue weighted by atomic mass is 10.0. The summed E-state index contributed by atoms with van der Waals surface area (Å²) in [5.74, 6) is -0.473. The van der Waals surface area contributed by atoms with Crippen LogP contribution in [0, 0.1) is 5.82 Å². The van der Waals surface area contributed by atoms with E-state index < -0.39 is 5.82 Å². The third-order valence-electron chi connectivity index (χ3n) is 3.37. The van der Waals surface area contributed by atoms with Crippen LogP contribution in [0.2, 0.25) is 5.02 Å². The molecule has 1 aliphatic rings. The van der Waals surface area contributed by atoms with Crippen molar-refractivity contribution >= 4 is 40.3 Å². The van der Waals surface area contributed by atoms with Crippen molar-refractivity contribution in [2.24, 2.45) is 0 Å². The summed E-state index contributed by atoms with van der Waals surface area (Å²) in [6, 6.07) is 7.90. The molecule has 0 fully saturated rings. The molecule has 0 saturated heterocycles. The second-order valence-corrected chi connectivity index (χ2v) is 5.33. The summed E-state index contributed by atoms with van der Waals surface area (Å²) in [6.07, 6.45) is 1.07. The summed E-state index contributed by atoms with van der Waals surface area (Å²) in [6.45, 7) is 0. The quantitative estimate of drug-likeness (QED) is 0.741. The van der Waals surface area contributed by atoms with Gasteiger partial charge in [0.1, 0.15) is 5.82 Å². The van der Waals surface area contributed by atoms with Gasteiger partial charge >= 0.3 is 0 Å². The molecule has 1 heterocycles. The highest BCUT2D eigenvalue weighted by molar-refractivity contribution is 6.30. The van der Waals surface area contributed by atoms with Crippen LogP contribution in [0.1, 0.15) is 12.0 Å². The zero-order valence-electron chi connectivity index (χ0n) is 11.0. The number of halogens is 2. The predicted molar refractivity (Wildman–Crippen MR) is 82.5 cm³/mol. The molecule has 0 aromatic heterocycles. The van der Waals surface area contributed by atoms with E-state index in [0.29, 0.717) is 40.6 Å². The van der Waals surface area contributed by atoms with E-state index in [1.54, 1.807) is 18.2 Å². The SMILES string of the molecule is Nc1cc2c(cc1Nc1ccc(Cl)cc1F)CCC(=O)N2. The Bertz CT molecular complexity index is 733. The molecular weight excluding hydrogens is 293 g/mol. The van der Waals surface area contributed by atoms with Gasteiger partial charge in [0, 0.05) is 17.1 Å². The van der Waals surface area contributed by atoms with Crippen LogP contribution in [0.15, 0.2) is 30.3 Å². The van der Waals surface area contributed by atoms with E-state index in [4.69, 9.17) is 17.3 Å². The smallest absolute Gasteiger partial charge is 0.224 e. The molecule has 0 spiro atoms. The minimum absolute atomic E-state index is 0.0219. The molecule has 2 aromatic rings. The molecule has 0 atom stereocenters. The average molecular weight is 306 g/mol. The van der Waals surface area contributed by atoms with Crippen LogP contribution < -0.4 is 16.4 Å². The number of anilines is 4. The van der Waals surface area contributed by atoms with Crippen LogP contribution in [0.5, 0.6) is 0 Å². The number of hydrogen-bond donors (Lipinski definition) is 3. The molecule has 2 aromatic carbocycles. The van der Waals surface area contributed by atoms with Crippen molar-refractivity contribution in [2.45, 2.75) is 12.8 Å². The van der Waals surface area contributed by atoms with Crippen LogP contribution in [0.25, 0.3) is 0 Å². The fourth-order valence-corrected chi connectivity index (χ4v) is 2.45. The molecule has 21 heavy (non-hydrogen) atoms. The van der Waals surface area contributed by atoms with Crippen LogP contribution in [-0.4, -0.2) is 5.91 Å². The van der Waals surface area contributed by atoms with Gasteiger partial charge in [-0.3, -0.25) is 4.79 Å². The van der Waals surface area contributed by atoms with E-state index in [-0.39, 0.29) is 5.91 Å². The number of nitrogens with one attached hydrogen (secondary N) is 2. The van der Waals surface area contributed by atoms with Gasteiger partial charge in [0.15, 0.2) is 0 Å². The summed E-state index contributed by atoms with van der Waals surface area (Å²) in [7, 11) is 0. The van der Waals surface area contributed by atoms with Gasteiger partial charge in [-0.1, -0.05) is 11.6 Å². The van der Waals surface area contributed by atoms with Gasteiger partial charge in [0.05, 0.1) is 17.1 Å². The van der Waals surface area contributed by atoms with Crippen LogP contribution >= 0.6 is 11.6 Å². The Kier molecular flexibility index (Phi) is 3.43. The number of carbonyl (C=O) groups excluding carboxylic acids is 1. The number of hydrogen-bond acceptors (Lipinski definition) is 3. The van der Waals surface area contributed by atoms with E-state index in [2.05, 4.69) is 10.6 Å². The molecule has 6 heteroatoms. The molecule has 3 rings (SSSR count). The Balaban J connectivity index is 1.94. The first-order valence-electron chi connectivity index (χ1n) is 6.47. The molecule has 4 nitrogen and oxygen atoms in total. The fraction of sp³-hybridized carbons (Fsp3) is 0.133. The number of rotatable bonds is 2. The summed E-state index contributed by atoms with van der Waals surface area (Å²) >= 11 is 5.73. The highest BCUT2D eigenvalue weighted by atomic mass is 35.5. The Morgan fingerprint density at radius 1 is 1.19 bits per heavy atom. The van der Waals surface area contributed by atoms with E-state index in [1.165, 1.54) is 6.07 Å². The van der Waals surface area contributed by atoms with Crippen LogP contribution in [-0.2, 0) is 11.2 Å². The number of carbonyl (C=O) groups is 1. The van der Waals surface area contributed by atoms with Crippen LogP contribution in [0.4, 0.5) is 27.1 Å². The van der Waals surface area contributed by atoms with Gasteiger partial charge in [-0.05, 0) is 42.3 Å². The molecule has 1 amide bonds. The Morgan fingerprint density at radius 3 is 2.76 bits per heavy atom. The monoisotopic (exact) mass is 305 g/mol. The molecule has 0 saturated carbocycles. The first-order valence-corrected chi connectivity index (χ1v) is 6.85. The third-order valence-corrected chi connectivity index (χ3v) is 3.61. The lowest BCUT2D eigenvalue weighted by Gasteiger charge is -2.20. The number of benzene rings is 2. The maximum atomic E-state index is 13.8. The molecular formula is C15H13ClFN3O. The van der Waals surface area contributed by atoms with Gasteiger partial charge in [0.25, 0.3) is 0 Å². The van der Waals surface area contributed by atoms with Crippen molar-refractivity contribution < 1.29 is 9.18 Å². The van der Waals surface area contributed by atoms with Crippen molar-refractivity contribution in [1.29, 1.82) is 0 Å². The number of fused-ring (bicyclic) bond motifs is 1. The van der Waals surface area contributed by atoms with Gasteiger partial charge in [-0.15, -0.1) is 0 Å². The largest absolute Gasteiger partial charge is 0.397 e. The van der Waals surface area contributed by atoms with E-state index in [1.807, 2.05) is 6.07 Å². The number of amides is 1. The van der Waals surface area contributed by atoms with E-state index in [9.17, 15) is 9.18 Å². The maximum Gasteiger partial charge on any atom is 0.224 e. The lowest BCUT2D eigenvalue weighted by molar-refractivity contribution is -0.116. The van der Waals surface area contributed by atoms with Crippen molar-refractivity contribution in [3.8, 4) is 0 Å². The molecule has 4 N–H and O–H groups in total. The van der Waals surface area contributed by atoms with E-state index >= 15 is 0 Å². The van der Waals surface area contributed by atoms with Crippen molar-refractivity contribution in [3.63, 3.8) is 0 Å². The molecule has 108 valence electrons.